The summed E-state index contributed by atoms with van der Waals surface area (Å²) in [7, 11) is 0. The van der Waals surface area contributed by atoms with E-state index in [1.807, 2.05) is 0 Å². The molecular weight excluding hydrogens is 700 g/mol. The second-order valence-electron chi connectivity index (χ2n) is 12.2. The number of carbonyl (C=O) groups excluding carboxylic acids is 2. The summed E-state index contributed by atoms with van der Waals surface area (Å²) in [6.45, 7) is 1.46. The van der Waals surface area contributed by atoms with Gasteiger partial charge in [0.05, 0.1) is 34.1 Å². The lowest BCUT2D eigenvalue weighted by molar-refractivity contribution is -0.137. The van der Waals surface area contributed by atoms with Crippen LogP contribution in [0.2, 0.25) is 5.02 Å². The van der Waals surface area contributed by atoms with E-state index in [2.05, 4.69) is 25.4 Å². The summed E-state index contributed by atoms with van der Waals surface area (Å²) < 4.78 is 62.6. The molecule has 7 rings (SSSR count). The van der Waals surface area contributed by atoms with Gasteiger partial charge in [0.2, 0.25) is 11.7 Å². The summed E-state index contributed by atoms with van der Waals surface area (Å²) in [5.74, 6) is -2.14. The van der Waals surface area contributed by atoms with Crippen molar-refractivity contribution in [3.8, 4) is 17.1 Å². The number of aromatic nitrogens is 6. The van der Waals surface area contributed by atoms with Gasteiger partial charge in [0.25, 0.3) is 11.5 Å². The zero-order valence-electron chi connectivity index (χ0n) is 26.7. The average Bonchev–Trinajstić information content (AvgIpc) is 3.55. The predicted octanol–water partition coefficient (Wildman–Crippen LogP) is 4.52. The summed E-state index contributed by atoms with van der Waals surface area (Å²) in [4.78, 5) is 55.0. The minimum atomic E-state index is -4.64. The van der Waals surface area contributed by atoms with Crippen LogP contribution in [-0.4, -0.2) is 70.7 Å². The maximum absolute atomic E-state index is 14.3. The van der Waals surface area contributed by atoms with Crippen molar-refractivity contribution in [2.75, 3.05) is 25.0 Å². The Hall–Kier alpha value is -5.42. The second kappa shape index (κ2) is 12.7. The molecule has 2 aromatic carbocycles. The zero-order valence-corrected chi connectivity index (χ0v) is 27.4. The number of likely N-dealkylation sites (tertiary alicyclic amines) is 1. The van der Waals surface area contributed by atoms with Crippen molar-refractivity contribution in [3.05, 3.63) is 98.2 Å². The molecule has 0 radical (unpaired) electrons. The van der Waals surface area contributed by atoms with Gasteiger partial charge < -0.3 is 24.6 Å². The van der Waals surface area contributed by atoms with Gasteiger partial charge in [0, 0.05) is 30.8 Å². The highest BCUT2D eigenvalue weighted by molar-refractivity contribution is 6.33. The summed E-state index contributed by atoms with van der Waals surface area (Å²) in [6.07, 6.45) is -2.96. The molecule has 13 nitrogen and oxygen atoms in total. The van der Waals surface area contributed by atoms with Gasteiger partial charge in [0.1, 0.15) is 24.3 Å². The molecule has 3 aromatic heterocycles. The predicted molar refractivity (Wildman–Crippen MR) is 173 cm³/mol. The van der Waals surface area contributed by atoms with E-state index in [-0.39, 0.29) is 89.5 Å². The highest BCUT2D eigenvalue weighted by atomic mass is 35.5. The number of hydrogen-bond acceptors (Lipinski definition) is 9. The summed E-state index contributed by atoms with van der Waals surface area (Å²) in [5.41, 5.74) is -1.88. The molecule has 1 spiro atoms. The molecule has 0 saturated carbocycles. The molecule has 0 bridgehead atoms. The van der Waals surface area contributed by atoms with Gasteiger partial charge in [-0.15, -0.1) is 5.10 Å². The molecule has 5 heterocycles. The number of alkyl halides is 3. The standard InChI is InChI=1S/C33H27ClF4N8O5/c1-17-27(48)26(40-16-39-17)30(50)44-10-8-32(9-11-44)25-23(7-12-51-32)45(15-24(47)41-22-6-5-19(14-21(22)34)33(36,37)38)31-42-28(43-46(31)29(25)49)18-3-2-4-20(35)13-18/h2-6,13-14,16,48H,7-12,15H2,1H3,(H,41,47). The van der Waals surface area contributed by atoms with Crippen molar-refractivity contribution in [2.24, 2.45) is 0 Å². The average molecular weight is 727 g/mol. The quantitative estimate of drug-likeness (QED) is 0.249. The Morgan fingerprint density at radius 3 is 2.59 bits per heavy atom. The lowest BCUT2D eigenvalue weighted by Crippen LogP contribution is -2.52. The number of amides is 2. The van der Waals surface area contributed by atoms with Crippen LogP contribution in [-0.2, 0) is 34.3 Å². The van der Waals surface area contributed by atoms with Gasteiger partial charge in [0.15, 0.2) is 17.3 Å². The number of carbonyl (C=O) groups is 2. The number of fused-ring (bicyclic) bond motifs is 3. The Morgan fingerprint density at radius 1 is 1.12 bits per heavy atom. The molecule has 18 heteroatoms. The maximum atomic E-state index is 14.3. The number of halogens is 5. The Labute approximate surface area is 290 Å². The van der Waals surface area contributed by atoms with Crippen molar-refractivity contribution >= 4 is 34.9 Å². The number of hydrogen-bond donors (Lipinski definition) is 2. The first-order valence-corrected chi connectivity index (χ1v) is 16.0. The number of anilines is 1. The number of benzene rings is 2. The molecule has 1 saturated heterocycles. The van der Waals surface area contributed by atoms with E-state index in [9.17, 15) is 37.1 Å². The fraction of sp³-hybridized carbons (Fsp3) is 0.303. The van der Waals surface area contributed by atoms with Crippen LogP contribution in [0, 0.1) is 12.7 Å². The molecule has 0 atom stereocenters. The fourth-order valence-corrected chi connectivity index (χ4v) is 6.74. The Bertz CT molecular complexity index is 2280. The van der Waals surface area contributed by atoms with Gasteiger partial charge in [-0.25, -0.2) is 14.4 Å². The van der Waals surface area contributed by atoms with Crippen LogP contribution in [0.15, 0.2) is 53.6 Å². The first-order chi connectivity index (χ1) is 24.3. The largest absolute Gasteiger partial charge is 0.504 e. The van der Waals surface area contributed by atoms with Gasteiger partial charge >= 0.3 is 6.18 Å². The monoisotopic (exact) mass is 726 g/mol. The van der Waals surface area contributed by atoms with Crippen LogP contribution >= 0.6 is 11.6 Å². The Morgan fingerprint density at radius 2 is 1.88 bits per heavy atom. The second-order valence-corrected chi connectivity index (χ2v) is 12.6. The third-order valence-electron chi connectivity index (χ3n) is 9.05. The molecule has 2 amide bonds. The number of nitrogens with zero attached hydrogens (tertiary/aromatic N) is 7. The van der Waals surface area contributed by atoms with Gasteiger partial charge in [-0.1, -0.05) is 23.7 Å². The minimum absolute atomic E-state index is 0.00391. The molecule has 2 N–H and O–H groups in total. The minimum Gasteiger partial charge on any atom is -0.504 e. The SMILES string of the molecule is Cc1ncnc(C(=O)N2CCC3(CC2)OCCc2c3c(=O)n3nc(-c4cccc(F)c4)nc3n2CC(=O)Nc2ccc(C(F)(F)F)cc2Cl)c1O. The van der Waals surface area contributed by atoms with Crippen molar-refractivity contribution in [3.63, 3.8) is 0 Å². The van der Waals surface area contributed by atoms with Gasteiger partial charge in [-0.2, -0.15) is 22.7 Å². The third kappa shape index (κ3) is 6.16. The van der Waals surface area contributed by atoms with Crippen LogP contribution < -0.4 is 10.9 Å². The maximum Gasteiger partial charge on any atom is 0.416 e. The van der Waals surface area contributed by atoms with Crippen molar-refractivity contribution in [1.82, 2.24) is 34.0 Å². The topological polar surface area (TPSA) is 157 Å². The molecule has 2 aliphatic heterocycles. The van der Waals surface area contributed by atoms with Crippen LogP contribution in [0.5, 0.6) is 5.75 Å². The van der Waals surface area contributed by atoms with Gasteiger partial charge in [-0.3, -0.25) is 14.4 Å². The fourth-order valence-electron chi connectivity index (χ4n) is 6.51. The number of aromatic hydroxyl groups is 1. The molecule has 264 valence electrons. The van der Waals surface area contributed by atoms with Crippen LogP contribution in [0.25, 0.3) is 17.2 Å². The van der Waals surface area contributed by atoms with Crippen LogP contribution in [0.3, 0.4) is 0 Å². The van der Waals surface area contributed by atoms with Gasteiger partial charge in [-0.05, 0) is 50.1 Å². The number of ether oxygens (including phenoxy) is 1. The Balaban J connectivity index is 1.28. The van der Waals surface area contributed by atoms with Crippen molar-refractivity contribution in [2.45, 2.75) is 44.5 Å². The van der Waals surface area contributed by atoms with Crippen molar-refractivity contribution < 1.29 is 37.0 Å². The lowest BCUT2D eigenvalue weighted by Gasteiger charge is -2.44. The van der Waals surface area contributed by atoms with Crippen LogP contribution in [0.1, 0.15) is 45.8 Å². The first kappa shape index (κ1) is 34.0. The smallest absolute Gasteiger partial charge is 0.416 e. The molecule has 5 aromatic rings. The van der Waals surface area contributed by atoms with E-state index in [1.54, 1.807) is 13.0 Å². The van der Waals surface area contributed by atoms with E-state index < -0.39 is 47.1 Å². The molecule has 0 unspecified atom stereocenters. The molecule has 51 heavy (non-hydrogen) atoms. The zero-order chi connectivity index (χ0) is 36.2. The van der Waals surface area contributed by atoms with E-state index in [1.165, 1.54) is 34.0 Å². The molecular formula is C33H27ClF4N8O5. The first-order valence-electron chi connectivity index (χ1n) is 15.6. The van der Waals surface area contributed by atoms with E-state index in [0.29, 0.717) is 11.8 Å². The molecule has 1 fully saturated rings. The van der Waals surface area contributed by atoms with Crippen LogP contribution in [0.4, 0.5) is 23.2 Å². The lowest BCUT2D eigenvalue weighted by atomic mass is 9.81. The number of nitrogens with one attached hydrogen (secondary N) is 1. The third-order valence-corrected chi connectivity index (χ3v) is 9.36. The molecule has 2 aliphatic rings. The van der Waals surface area contributed by atoms with E-state index in [4.69, 9.17) is 16.3 Å². The van der Waals surface area contributed by atoms with E-state index in [0.717, 1.165) is 16.6 Å². The summed E-state index contributed by atoms with van der Waals surface area (Å²) >= 11 is 6.10. The number of rotatable bonds is 5. The van der Waals surface area contributed by atoms with Crippen molar-refractivity contribution in [1.29, 1.82) is 0 Å². The highest BCUT2D eigenvalue weighted by Crippen LogP contribution is 2.41. The Kier molecular flexibility index (Phi) is 8.49. The highest BCUT2D eigenvalue weighted by Gasteiger charge is 2.46. The molecule has 0 aliphatic carbocycles. The number of piperidine rings is 1. The number of aryl methyl sites for hydroxylation is 1. The van der Waals surface area contributed by atoms with E-state index >= 15 is 0 Å². The summed E-state index contributed by atoms with van der Waals surface area (Å²) in [5, 5.41) is 17.0. The normalized spacial score (nSPS) is 15.6. The summed E-state index contributed by atoms with van der Waals surface area (Å²) in [6, 6.07) is 7.97.